The number of aromatic hydroxyl groups is 1. The van der Waals surface area contributed by atoms with Crippen LogP contribution in [-0.4, -0.2) is 30.8 Å². The number of ether oxygens (including phenoxy) is 3. The van der Waals surface area contributed by atoms with Gasteiger partial charge in [-0.1, -0.05) is 11.6 Å². The van der Waals surface area contributed by atoms with Gasteiger partial charge in [-0.3, -0.25) is 4.79 Å². The molecule has 1 aromatic carbocycles. The number of methoxy groups -OCH3 is 1. The molecule has 0 aliphatic carbocycles. The third kappa shape index (κ3) is 3.88. The van der Waals surface area contributed by atoms with Crippen LogP contribution < -0.4 is 4.74 Å². The summed E-state index contributed by atoms with van der Waals surface area (Å²) in [5.74, 6) is -0.200. The number of fused-ring (bicyclic) bond motifs is 1. The van der Waals surface area contributed by atoms with Gasteiger partial charge in [0.2, 0.25) is 0 Å². The second-order valence-electron chi connectivity index (χ2n) is 5.57. The van der Waals surface area contributed by atoms with Crippen molar-refractivity contribution in [3.8, 4) is 11.5 Å². The van der Waals surface area contributed by atoms with Crippen molar-refractivity contribution in [1.29, 1.82) is 0 Å². The van der Waals surface area contributed by atoms with E-state index in [1.807, 2.05) is 13.0 Å². The van der Waals surface area contributed by atoms with Gasteiger partial charge < -0.3 is 19.3 Å². The van der Waals surface area contributed by atoms with Crippen molar-refractivity contribution in [2.45, 2.75) is 39.7 Å². The van der Waals surface area contributed by atoms with Gasteiger partial charge in [0.05, 0.1) is 19.3 Å². The van der Waals surface area contributed by atoms with Crippen molar-refractivity contribution in [3.63, 3.8) is 0 Å². The van der Waals surface area contributed by atoms with Gasteiger partial charge in [-0.2, -0.15) is 0 Å². The molecule has 0 aromatic heterocycles. The maximum Gasteiger partial charge on any atom is 0.339 e. The standard InChI is InChI=1S/C18H22O6/c1-4-23-16(19)8-6-11(2)5-7-12-15(22-3)9-13-14(17(12)20)10-24-18(13)21/h5,9,20H,4,6-8,10H2,1-3H3/b11-5+. The number of phenolic OH excluding ortho intramolecular Hbond substituents is 1. The van der Waals surface area contributed by atoms with Gasteiger partial charge in [0.1, 0.15) is 18.1 Å². The highest BCUT2D eigenvalue weighted by Gasteiger charge is 2.28. The molecule has 0 atom stereocenters. The lowest BCUT2D eigenvalue weighted by molar-refractivity contribution is -0.143. The second-order valence-corrected chi connectivity index (χ2v) is 5.57. The van der Waals surface area contributed by atoms with Crippen LogP contribution in [0.3, 0.4) is 0 Å². The monoisotopic (exact) mass is 334 g/mol. The number of hydrogen-bond acceptors (Lipinski definition) is 6. The summed E-state index contributed by atoms with van der Waals surface area (Å²) in [6.45, 7) is 4.14. The molecule has 0 radical (unpaired) electrons. The van der Waals surface area contributed by atoms with Crippen LogP contribution in [-0.2, 0) is 27.3 Å². The van der Waals surface area contributed by atoms with Crippen LogP contribution in [0.1, 0.15) is 48.2 Å². The van der Waals surface area contributed by atoms with Crippen molar-refractivity contribution in [2.75, 3.05) is 13.7 Å². The van der Waals surface area contributed by atoms with Crippen molar-refractivity contribution in [1.82, 2.24) is 0 Å². The van der Waals surface area contributed by atoms with E-state index in [0.29, 0.717) is 48.3 Å². The summed E-state index contributed by atoms with van der Waals surface area (Å²) in [6, 6.07) is 1.60. The normalized spacial score (nSPS) is 13.5. The van der Waals surface area contributed by atoms with Gasteiger partial charge in [-0.05, 0) is 32.8 Å². The van der Waals surface area contributed by atoms with Gasteiger partial charge in [0, 0.05) is 17.5 Å². The van der Waals surface area contributed by atoms with Gasteiger partial charge in [-0.25, -0.2) is 4.79 Å². The summed E-state index contributed by atoms with van der Waals surface area (Å²) in [5.41, 5.74) is 2.45. The molecule has 1 aliphatic heterocycles. The minimum Gasteiger partial charge on any atom is -0.507 e. The van der Waals surface area contributed by atoms with Crippen molar-refractivity contribution >= 4 is 11.9 Å². The molecular weight excluding hydrogens is 312 g/mol. The maximum atomic E-state index is 11.6. The fraction of sp³-hybridized carbons (Fsp3) is 0.444. The molecule has 0 saturated carbocycles. The van der Waals surface area contributed by atoms with Crippen LogP contribution in [0.5, 0.6) is 11.5 Å². The molecule has 0 saturated heterocycles. The van der Waals surface area contributed by atoms with E-state index >= 15 is 0 Å². The highest BCUT2D eigenvalue weighted by atomic mass is 16.5. The summed E-state index contributed by atoms with van der Waals surface area (Å²) < 4.78 is 15.1. The molecule has 0 fully saturated rings. The Bertz CT molecular complexity index is 675. The Labute approximate surface area is 141 Å². The Morgan fingerprint density at radius 3 is 2.83 bits per heavy atom. The highest BCUT2D eigenvalue weighted by molar-refractivity contribution is 5.95. The quantitative estimate of drug-likeness (QED) is 0.610. The van der Waals surface area contributed by atoms with Crippen molar-refractivity contribution in [2.24, 2.45) is 0 Å². The molecule has 1 aromatic rings. The van der Waals surface area contributed by atoms with Crippen LogP contribution in [0.25, 0.3) is 0 Å². The number of phenols is 1. The molecule has 1 N–H and O–H groups in total. The number of carbonyl (C=O) groups excluding carboxylic acids is 2. The first kappa shape index (κ1) is 17.8. The van der Waals surface area contributed by atoms with Crippen LogP contribution in [0, 0.1) is 0 Å². The van der Waals surface area contributed by atoms with Crippen molar-refractivity contribution < 1.29 is 28.9 Å². The molecule has 6 nitrogen and oxygen atoms in total. The molecule has 1 aliphatic rings. The largest absolute Gasteiger partial charge is 0.507 e. The third-order valence-electron chi connectivity index (χ3n) is 3.94. The molecular formula is C18H22O6. The fourth-order valence-electron chi connectivity index (χ4n) is 2.57. The summed E-state index contributed by atoms with van der Waals surface area (Å²) in [7, 11) is 1.49. The number of cyclic esters (lactones) is 1. The molecule has 0 amide bonds. The summed E-state index contributed by atoms with van der Waals surface area (Å²) in [6.07, 6.45) is 3.28. The first-order chi connectivity index (χ1) is 11.5. The van der Waals surface area contributed by atoms with E-state index in [-0.39, 0.29) is 18.3 Å². The van der Waals surface area contributed by atoms with E-state index in [4.69, 9.17) is 14.2 Å². The first-order valence-corrected chi connectivity index (χ1v) is 7.88. The van der Waals surface area contributed by atoms with Crippen molar-refractivity contribution in [3.05, 3.63) is 34.4 Å². The second kappa shape index (κ2) is 7.86. The van der Waals surface area contributed by atoms with E-state index in [1.54, 1.807) is 13.0 Å². The Balaban J connectivity index is 2.13. The number of allylic oxidation sites excluding steroid dienone is 2. The molecule has 24 heavy (non-hydrogen) atoms. The molecule has 0 unspecified atom stereocenters. The molecule has 1 heterocycles. The Morgan fingerprint density at radius 1 is 1.42 bits per heavy atom. The van der Waals surface area contributed by atoms with Gasteiger partial charge in [-0.15, -0.1) is 0 Å². The summed E-state index contributed by atoms with van der Waals surface area (Å²) in [4.78, 5) is 23.0. The van der Waals surface area contributed by atoms with E-state index in [2.05, 4.69) is 0 Å². The molecule has 0 spiro atoms. The molecule has 0 bridgehead atoms. The smallest absolute Gasteiger partial charge is 0.339 e. The van der Waals surface area contributed by atoms with Gasteiger partial charge in [0.25, 0.3) is 0 Å². The summed E-state index contributed by atoms with van der Waals surface area (Å²) in [5, 5.41) is 10.4. The predicted molar refractivity (Wildman–Crippen MR) is 87.1 cm³/mol. The fourth-order valence-corrected chi connectivity index (χ4v) is 2.57. The van der Waals surface area contributed by atoms with Crippen LogP contribution in [0.4, 0.5) is 0 Å². The summed E-state index contributed by atoms with van der Waals surface area (Å²) >= 11 is 0. The first-order valence-electron chi connectivity index (χ1n) is 7.88. The van der Waals surface area contributed by atoms with Crippen LogP contribution in [0.15, 0.2) is 17.7 Å². The lowest BCUT2D eigenvalue weighted by atomic mass is 9.99. The Morgan fingerprint density at radius 2 is 2.17 bits per heavy atom. The molecule has 6 heteroatoms. The average Bonchev–Trinajstić information content (AvgIpc) is 2.93. The average molecular weight is 334 g/mol. The molecule has 2 rings (SSSR count). The minimum atomic E-state index is -0.452. The highest BCUT2D eigenvalue weighted by Crippen LogP contribution is 2.38. The predicted octanol–water partition coefficient (Wildman–Crippen LogP) is 2.90. The lowest BCUT2D eigenvalue weighted by Gasteiger charge is -2.12. The number of carbonyl (C=O) groups is 2. The zero-order valence-electron chi connectivity index (χ0n) is 14.2. The zero-order chi connectivity index (χ0) is 17.7. The van der Waals surface area contributed by atoms with Gasteiger partial charge in [0.15, 0.2) is 0 Å². The number of esters is 2. The maximum absolute atomic E-state index is 11.6. The lowest BCUT2D eigenvalue weighted by Crippen LogP contribution is -2.03. The number of hydrogen-bond donors (Lipinski definition) is 1. The topological polar surface area (TPSA) is 82.1 Å². The van der Waals surface area contributed by atoms with Crippen LogP contribution in [0.2, 0.25) is 0 Å². The Kier molecular flexibility index (Phi) is 5.84. The van der Waals surface area contributed by atoms with E-state index in [1.165, 1.54) is 7.11 Å². The van der Waals surface area contributed by atoms with Gasteiger partial charge >= 0.3 is 11.9 Å². The van der Waals surface area contributed by atoms with Crippen LogP contribution >= 0.6 is 0 Å². The number of benzene rings is 1. The zero-order valence-corrected chi connectivity index (χ0v) is 14.2. The van der Waals surface area contributed by atoms with E-state index in [0.717, 1.165) is 5.57 Å². The Hall–Kier alpha value is -2.50. The number of rotatable bonds is 7. The minimum absolute atomic E-state index is 0.0321. The third-order valence-corrected chi connectivity index (χ3v) is 3.94. The van der Waals surface area contributed by atoms with E-state index < -0.39 is 5.97 Å². The van der Waals surface area contributed by atoms with E-state index in [9.17, 15) is 14.7 Å². The molecule has 130 valence electrons. The SMILES string of the molecule is CCOC(=O)CC/C(C)=C/Cc1c(OC)cc2c(c1O)COC2=O.